The molecular weight excluding hydrogens is 308 g/mol. The molecule has 1 aliphatic heterocycles. The molecule has 1 aromatic rings. The van der Waals surface area contributed by atoms with E-state index in [0.717, 1.165) is 19.0 Å². The quantitative estimate of drug-likeness (QED) is 0.902. The summed E-state index contributed by atoms with van der Waals surface area (Å²) in [6, 6.07) is 2.96. The van der Waals surface area contributed by atoms with Crippen molar-refractivity contribution in [2.24, 2.45) is 5.92 Å². The molecule has 0 aliphatic carbocycles. The van der Waals surface area contributed by atoms with Gasteiger partial charge in [-0.25, -0.2) is 0 Å². The third-order valence-electron chi connectivity index (χ3n) is 3.49. The molecule has 2 heterocycles. The van der Waals surface area contributed by atoms with E-state index in [1.807, 2.05) is 11.3 Å². The highest BCUT2D eigenvalue weighted by atomic mass is 79.9. The second-order valence-corrected chi connectivity index (χ2v) is 7.94. The van der Waals surface area contributed by atoms with Gasteiger partial charge in [-0.2, -0.15) is 0 Å². The van der Waals surface area contributed by atoms with Crippen molar-refractivity contribution in [3.63, 3.8) is 0 Å². The summed E-state index contributed by atoms with van der Waals surface area (Å²) in [6.45, 7) is 11.4. The molecule has 0 bridgehead atoms. The predicted molar refractivity (Wildman–Crippen MR) is 83.4 cm³/mol. The van der Waals surface area contributed by atoms with Crippen LogP contribution in [0.5, 0.6) is 0 Å². The number of hydrogen-bond acceptors (Lipinski definition) is 3. The van der Waals surface area contributed by atoms with Gasteiger partial charge in [0.05, 0.1) is 3.79 Å². The van der Waals surface area contributed by atoms with Gasteiger partial charge in [-0.1, -0.05) is 13.8 Å². The Balaban J connectivity index is 2.17. The number of thiophene rings is 1. The summed E-state index contributed by atoms with van der Waals surface area (Å²) in [6.07, 6.45) is 1.26. The van der Waals surface area contributed by atoms with Crippen molar-refractivity contribution in [3.05, 3.63) is 20.3 Å². The van der Waals surface area contributed by atoms with Crippen molar-refractivity contribution in [1.82, 2.24) is 10.2 Å². The zero-order chi connectivity index (χ0) is 13.1. The van der Waals surface area contributed by atoms with Gasteiger partial charge in [-0.05, 0) is 46.8 Å². The lowest BCUT2D eigenvalue weighted by atomic mass is 10.00. The molecule has 1 saturated heterocycles. The fourth-order valence-electron chi connectivity index (χ4n) is 2.53. The molecule has 2 nitrogen and oxygen atoms in total. The Morgan fingerprint density at radius 2 is 2.06 bits per heavy atom. The number of rotatable bonds is 4. The van der Waals surface area contributed by atoms with Gasteiger partial charge in [0.1, 0.15) is 0 Å². The van der Waals surface area contributed by atoms with Crippen LogP contribution < -0.4 is 5.32 Å². The molecule has 0 saturated carbocycles. The highest BCUT2D eigenvalue weighted by Gasteiger charge is 2.24. The van der Waals surface area contributed by atoms with Gasteiger partial charge < -0.3 is 5.32 Å². The van der Waals surface area contributed by atoms with Crippen LogP contribution in [0.1, 0.15) is 36.8 Å². The van der Waals surface area contributed by atoms with Gasteiger partial charge in [0.2, 0.25) is 0 Å². The highest BCUT2D eigenvalue weighted by molar-refractivity contribution is 9.11. The molecule has 0 radical (unpaired) electrons. The van der Waals surface area contributed by atoms with E-state index in [-0.39, 0.29) is 0 Å². The maximum atomic E-state index is 3.66. The molecule has 1 aliphatic rings. The summed E-state index contributed by atoms with van der Waals surface area (Å²) in [4.78, 5) is 4.17. The molecule has 0 amide bonds. The van der Waals surface area contributed by atoms with Crippen LogP contribution in [0.3, 0.4) is 0 Å². The van der Waals surface area contributed by atoms with E-state index in [4.69, 9.17) is 0 Å². The number of halogens is 1. The first-order valence-electron chi connectivity index (χ1n) is 6.78. The Morgan fingerprint density at radius 3 is 2.56 bits per heavy atom. The van der Waals surface area contributed by atoms with Crippen LogP contribution in [0.4, 0.5) is 0 Å². The largest absolute Gasteiger partial charge is 0.314 e. The minimum absolute atomic E-state index is 0.599. The first-order valence-corrected chi connectivity index (χ1v) is 8.39. The van der Waals surface area contributed by atoms with Crippen LogP contribution in [0.15, 0.2) is 9.85 Å². The van der Waals surface area contributed by atoms with E-state index >= 15 is 0 Å². The summed E-state index contributed by atoms with van der Waals surface area (Å²) in [5.74, 6) is 0.742. The van der Waals surface area contributed by atoms with Gasteiger partial charge in [-0.3, -0.25) is 4.90 Å². The molecule has 1 atom stereocenters. The zero-order valence-electron chi connectivity index (χ0n) is 11.5. The third kappa shape index (κ3) is 3.56. The van der Waals surface area contributed by atoms with Gasteiger partial charge in [0.25, 0.3) is 0 Å². The number of nitrogens with zero attached hydrogens (tertiary/aromatic N) is 1. The van der Waals surface area contributed by atoms with Crippen molar-refractivity contribution in [2.75, 3.05) is 26.2 Å². The minimum atomic E-state index is 0.599. The molecule has 1 N–H and O–H groups in total. The van der Waals surface area contributed by atoms with E-state index in [2.05, 4.69) is 53.0 Å². The van der Waals surface area contributed by atoms with Crippen molar-refractivity contribution >= 4 is 27.3 Å². The molecule has 102 valence electrons. The van der Waals surface area contributed by atoms with Gasteiger partial charge in [0, 0.05) is 37.1 Å². The Kier molecular flexibility index (Phi) is 5.24. The molecule has 0 unspecified atom stereocenters. The Bertz CT molecular complexity index is 364. The molecule has 0 aromatic carbocycles. The van der Waals surface area contributed by atoms with Crippen molar-refractivity contribution in [2.45, 2.75) is 33.2 Å². The topological polar surface area (TPSA) is 15.3 Å². The van der Waals surface area contributed by atoms with Crippen LogP contribution in [0, 0.1) is 12.8 Å². The van der Waals surface area contributed by atoms with E-state index in [9.17, 15) is 0 Å². The fraction of sp³-hybridized carbons (Fsp3) is 0.714. The maximum absolute atomic E-state index is 3.66. The summed E-state index contributed by atoms with van der Waals surface area (Å²) in [5.41, 5.74) is 1.37. The SMILES string of the molecule is Cc1cc([C@H](CC(C)C)N2CCNCC2)sc1Br. The zero-order valence-corrected chi connectivity index (χ0v) is 13.9. The lowest BCUT2D eigenvalue weighted by molar-refractivity contribution is 0.156. The molecular formula is C14H23BrN2S. The van der Waals surface area contributed by atoms with Gasteiger partial charge >= 0.3 is 0 Å². The van der Waals surface area contributed by atoms with Crippen LogP contribution >= 0.6 is 27.3 Å². The first kappa shape index (κ1) is 14.5. The van der Waals surface area contributed by atoms with E-state index < -0.39 is 0 Å². The van der Waals surface area contributed by atoms with Gasteiger partial charge in [0.15, 0.2) is 0 Å². The number of hydrogen-bond donors (Lipinski definition) is 1. The van der Waals surface area contributed by atoms with Crippen LogP contribution in [-0.2, 0) is 0 Å². The Labute approximate surface area is 123 Å². The summed E-state index contributed by atoms with van der Waals surface area (Å²) in [7, 11) is 0. The molecule has 18 heavy (non-hydrogen) atoms. The van der Waals surface area contributed by atoms with E-state index in [1.54, 1.807) is 0 Å². The average molecular weight is 331 g/mol. The molecule has 1 fully saturated rings. The summed E-state index contributed by atoms with van der Waals surface area (Å²) >= 11 is 5.57. The predicted octanol–water partition coefficient (Wildman–Crippen LogP) is 3.81. The second kappa shape index (κ2) is 6.51. The Morgan fingerprint density at radius 1 is 1.39 bits per heavy atom. The molecule has 1 aromatic heterocycles. The standard InChI is InChI=1S/C14H23BrN2S/c1-10(2)8-12(17-6-4-16-5-7-17)13-9-11(3)14(15)18-13/h9-10,12,16H,4-8H2,1-3H3/t12-/m0/s1. The van der Waals surface area contributed by atoms with Crippen molar-refractivity contribution in [1.29, 1.82) is 0 Å². The van der Waals surface area contributed by atoms with Crippen LogP contribution in [0.25, 0.3) is 0 Å². The molecule has 4 heteroatoms. The molecule has 2 rings (SSSR count). The summed E-state index contributed by atoms with van der Waals surface area (Å²) in [5, 5.41) is 3.44. The third-order valence-corrected chi connectivity index (χ3v) is 5.73. The van der Waals surface area contributed by atoms with Crippen molar-refractivity contribution < 1.29 is 0 Å². The maximum Gasteiger partial charge on any atom is 0.0731 e. The summed E-state index contributed by atoms with van der Waals surface area (Å²) < 4.78 is 1.29. The Hall–Kier alpha value is 0.100. The first-order chi connectivity index (χ1) is 8.58. The number of aryl methyl sites for hydroxylation is 1. The lowest BCUT2D eigenvalue weighted by Crippen LogP contribution is -2.45. The van der Waals surface area contributed by atoms with E-state index in [1.165, 1.54) is 33.7 Å². The average Bonchev–Trinajstić information content (AvgIpc) is 2.67. The normalized spacial score (nSPS) is 19.4. The van der Waals surface area contributed by atoms with Gasteiger partial charge in [-0.15, -0.1) is 11.3 Å². The lowest BCUT2D eigenvalue weighted by Gasteiger charge is -2.35. The van der Waals surface area contributed by atoms with Crippen molar-refractivity contribution in [3.8, 4) is 0 Å². The smallest absolute Gasteiger partial charge is 0.0731 e. The minimum Gasteiger partial charge on any atom is -0.314 e. The second-order valence-electron chi connectivity index (χ2n) is 5.54. The highest BCUT2D eigenvalue weighted by Crippen LogP contribution is 2.37. The number of piperazine rings is 1. The molecule has 0 spiro atoms. The van der Waals surface area contributed by atoms with Crippen LogP contribution in [0.2, 0.25) is 0 Å². The van der Waals surface area contributed by atoms with E-state index in [0.29, 0.717) is 6.04 Å². The monoisotopic (exact) mass is 330 g/mol. The number of nitrogens with one attached hydrogen (secondary N) is 1. The van der Waals surface area contributed by atoms with Crippen LogP contribution in [-0.4, -0.2) is 31.1 Å². The fourth-order valence-corrected chi connectivity index (χ4v) is 4.25.